The van der Waals surface area contributed by atoms with Crippen LogP contribution in [0.1, 0.15) is 24.6 Å². The van der Waals surface area contributed by atoms with Gasteiger partial charge in [0, 0.05) is 22.8 Å². The third-order valence-corrected chi connectivity index (χ3v) is 3.95. The standard InChI is InChI=1S/C15H12BrN3O2/c16-11-2-3-14-10(6-11)7-15(20-14)13-8-12(9-18)21-19(13)5-1-4-17/h2-3,6-7,12-13H,1,5,8H2/t12-,13+/m0/s1. The minimum atomic E-state index is -0.492. The summed E-state index contributed by atoms with van der Waals surface area (Å²) in [5.41, 5.74) is 0.800. The van der Waals surface area contributed by atoms with Crippen LogP contribution in [0.15, 0.2) is 33.2 Å². The molecule has 2 atom stereocenters. The Balaban J connectivity index is 1.91. The summed E-state index contributed by atoms with van der Waals surface area (Å²) in [4.78, 5) is 5.55. The van der Waals surface area contributed by atoms with Crippen molar-refractivity contribution in [3.05, 3.63) is 34.5 Å². The predicted molar refractivity (Wildman–Crippen MR) is 78.7 cm³/mol. The van der Waals surface area contributed by atoms with E-state index in [1.165, 1.54) is 0 Å². The Hall–Kier alpha value is -1.86. The summed E-state index contributed by atoms with van der Waals surface area (Å²) in [6.07, 6.45) is 0.400. The van der Waals surface area contributed by atoms with Crippen LogP contribution in [0, 0.1) is 22.7 Å². The van der Waals surface area contributed by atoms with Gasteiger partial charge in [0.2, 0.25) is 0 Å². The van der Waals surface area contributed by atoms with Crippen LogP contribution in [0.3, 0.4) is 0 Å². The Morgan fingerprint density at radius 3 is 2.95 bits per heavy atom. The van der Waals surface area contributed by atoms with Gasteiger partial charge < -0.3 is 4.42 Å². The second-order valence-electron chi connectivity index (χ2n) is 4.85. The van der Waals surface area contributed by atoms with E-state index in [-0.39, 0.29) is 6.04 Å². The lowest BCUT2D eigenvalue weighted by molar-refractivity contribution is -0.151. The van der Waals surface area contributed by atoms with Gasteiger partial charge in [-0.15, -0.1) is 0 Å². The first-order valence-electron chi connectivity index (χ1n) is 6.60. The van der Waals surface area contributed by atoms with Crippen molar-refractivity contribution >= 4 is 26.9 Å². The zero-order valence-corrected chi connectivity index (χ0v) is 12.7. The van der Waals surface area contributed by atoms with Gasteiger partial charge in [-0.05, 0) is 24.3 Å². The Morgan fingerprint density at radius 1 is 1.33 bits per heavy atom. The van der Waals surface area contributed by atoms with Crippen molar-refractivity contribution in [1.29, 1.82) is 10.5 Å². The van der Waals surface area contributed by atoms with Crippen LogP contribution < -0.4 is 0 Å². The van der Waals surface area contributed by atoms with E-state index in [9.17, 15) is 0 Å². The van der Waals surface area contributed by atoms with E-state index < -0.39 is 6.10 Å². The highest BCUT2D eigenvalue weighted by atomic mass is 79.9. The van der Waals surface area contributed by atoms with Gasteiger partial charge >= 0.3 is 0 Å². The van der Waals surface area contributed by atoms with Crippen molar-refractivity contribution in [2.45, 2.75) is 25.0 Å². The van der Waals surface area contributed by atoms with Crippen LogP contribution in [-0.2, 0) is 4.84 Å². The largest absolute Gasteiger partial charge is 0.459 e. The molecule has 0 N–H and O–H groups in total. The lowest BCUT2D eigenvalue weighted by Gasteiger charge is -2.19. The molecule has 0 unspecified atom stereocenters. The van der Waals surface area contributed by atoms with Crippen molar-refractivity contribution in [2.24, 2.45) is 0 Å². The minimum Gasteiger partial charge on any atom is -0.459 e. The molecule has 0 amide bonds. The number of rotatable bonds is 3. The highest BCUT2D eigenvalue weighted by molar-refractivity contribution is 9.10. The molecular formula is C15H12BrN3O2. The topological polar surface area (TPSA) is 73.2 Å². The molecule has 0 aliphatic carbocycles. The average Bonchev–Trinajstić information content (AvgIpc) is 3.07. The fourth-order valence-electron chi connectivity index (χ4n) is 2.50. The lowest BCUT2D eigenvalue weighted by atomic mass is 10.1. The van der Waals surface area contributed by atoms with Crippen LogP contribution in [-0.4, -0.2) is 17.7 Å². The number of nitriles is 2. The second kappa shape index (κ2) is 5.87. The number of furan rings is 1. The molecule has 0 saturated carbocycles. The van der Waals surface area contributed by atoms with Crippen molar-refractivity contribution in [3.63, 3.8) is 0 Å². The number of hydrogen-bond acceptors (Lipinski definition) is 5. The Labute approximate surface area is 130 Å². The molecule has 1 aromatic heterocycles. The van der Waals surface area contributed by atoms with Crippen LogP contribution in [0.25, 0.3) is 11.0 Å². The van der Waals surface area contributed by atoms with E-state index in [1.54, 1.807) is 5.06 Å². The molecule has 0 radical (unpaired) electrons. The highest BCUT2D eigenvalue weighted by Crippen LogP contribution is 2.37. The molecule has 5 nitrogen and oxygen atoms in total. The maximum absolute atomic E-state index is 9.05. The molecule has 6 heteroatoms. The minimum absolute atomic E-state index is 0.130. The number of hydrogen-bond donors (Lipinski definition) is 0. The highest BCUT2D eigenvalue weighted by Gasteiger charge is 2.36. The predicted octanol–water partition coefficient (Wildman–Crippen LogP) is 3.68. The van der Waals surface area contributed by atoms with E-state index in [0.29, 0.717) is 19.4 Å². The third kappa shape index (κ3) is 2.79. The summed E-state index contributed by atoms with van der Waals surface area (Å²) in [5, 5.41) is 20.5. The van der Waals surface area contributed by atoms with Crippen LogP contribution in [0.4, 0.5) is 0 Å². The first-order chi connectivity index (χ1) is 10.2. The van der Waals surface area contributed by atoms with E-state index in [1.807, 2.05) is 24.3 Å². The molecule has 21 heavy (non-hydrogen) atoms. The third-order valence-electron chi connectivity index (χ3n) is 3.46. The fourth-order valence-corrected chi connectivity index (χ4v) is 2.88. The van der Waals surface area contributed by atoms with Gasteiger partial charge in [-0.3, -0.25) is 4.84 Å². The molecule has 1 aromatic carbocycles. The SMILES string of the molecule is N#CCCN1O[C@H](C#N)C[C@@H]1c1cc2cc(Br)ccc2o1. The number of nitrogens with zero attached hydrogens (tertiary/aromatic N) is 3. The van der Waals surface area contributed by atoms with Crippen LogP contribution >= 0.6 is 15.9 Å². The maximum atomic E-state index is 9.05. The van der Waals surface area contributed by atoms with Gasteiger partial charge in [0.05, 0.1) is 24.6 Å². The number of halogens is 1. The van der Waals surface area contributed by atoms with Gasteiger partial charge in [0.1, 0.15) is 11.3 Å². The second-order valence-corrected chi connectivity index (χ2v) is 5.77. The summed E-state index contributed by atoms with van der Waals surface area (Å²) in [6.45, 7) is 0.458. The summed E-state index contributed by atoms with van der Waals surface area (Å²) in [7, 11) is 0. The normalized spacial score (nSPS) is 22.2. The summed E-state index contributed by atoms with van der Waals surface area (Å²) >= 11 is 3.44. The molecule has 0 bridgehead atoms. The number of fused-ring (bicyclic) bond motifs is 1. The smallest absolute Gasteiger partial charge is 0.167 e. The average molecular weight is 346 g/mol. The molecule has 1 aliphatic heterocycles. The van der Waals surface area contributed by atoms with Gasteiger partial charge in [0.15, 0.2) is 6.10 Å². The summed E-state index contributed by atoms with van der Waals surface area (Å²) < 4.78 is 6.86. The molecule has 1 fully saturated rings. The molecule has 1 aliphatic rings. The lowest BCUT2D eigenvalue weighted by Crippen LogP contribution is -2.23. The van der Waals surface area contributed by atoms with E-state index >= 15 is 0 Å². The van der Waals surface area contributed by atoms with Crippen molar-refractivity contribution in [3.8, 4) is 12.1 Å². The quantitative estimate of drug-likeness (QED) is 0.848. The molecule has 0 spiro atoms. The van der Waals surface area contributed by atoms with E-state index in [0.717, 1.165) is 21.2 Å². The van der Waals surface area contributed by atoms with Gasteiger partial charge in [0.25, 0.3) is 0 Å². The molecule has 2 aromatic rings. The monoisotopic (exact) mass is 345 g/mol. The molecule has 106 valence electrons. The van der Waals surface area contributed by atoms with Crippen LogP contribution in [0.5, 0.6) is 0 Å². The maximum Gasteiger partial charge on any atom is 0.167 e. The zero-order valence-electron chi connectivity index (χ0n) is 11.1. The molecule has 2 heterocycles. The first-order valence-corrected chi connectivity index (χ1v) is 7.39. The van der Waals surface area contributed by atoms with E-state index in [4.69, 9.17) is 19.8 Å². The molecular weight excluding hydrogens is 334 g/mol. The number of benzene rings is 1. The van der Waals surface area contributed by atoms with Gasteiger partial charge in [-0.2, -0.15) is 15.6 Å². The van der Waals surface area contributed by atoms with Crippen molar-refractivity contribution < 1.29 is 9.25 Å². The Kier molecular flexibility index (Phi) is 3.94. The van der Waals surface area contributed by atoms with Gasteiger partial charge in [-0.25, -0.2) is 0 Å². The molecule has 3 rings (SSSR count). The fraction of sp³-hybridized carbons (Fsp3) is 0.333. The molecule has 1 saturated heterocycles. The van der Waals surface area contributed by atoms with Crippen molar-refractivity contribution in [2.75, 3.05) is 6.54 Å². The van der Waals surface area contributed by atoms with E-state index in [2.05, 4.69) is 28.1 Å². The zero-order chi connectivity index (χ0) is 14.8. The van der Waals surface area contributed by atoms with Crippen molar-refractivity contribution in [1.82, 2.24) is 5.06 Å². The summed E-state index contributed by atoms with van der Waals surface area (Å²) in [6, 6.07) is 11.9. The Bertz CT molecular complexity index is 743. The Morgan fingerprint density at radius 2 is 2.19 bits per heavy atom. The van der Waals surface area contributed by atoms with Gasteiger partial charge in [-0.1, -0.05) is 15.9 Å². The first kappa shape index (κ1) is 14.1. The van der Waals surface area contributed by atoms with Crippen LogP contribution in [0.2, 0.25) is 0 Å². The summed E-state index contributed by atoms with van der Waals surface area (Å²) in [5.74, 6) is 0.763. The number of hydroxylamine groups is 2.